The predicted octanol–water partition coefficient (Wildman–Crippen LogP) is 1.41. The van der Waals surface area contributed by atoms with Crippen molar-refractivity contribution in [1.82, 2.24) is 5.32 Å². The first-order valence-corrected chi connectivity index (χ1v) is 8.62. The summed E-state index contributed by atoms with van der Waals surface area (Å²) in [6, 6.07) is 10.1. The van der Waals surface area contributed by atoms with E-state index >= 15 is 0 Å². The molecule has 0 spiro atoms. The van der Waals surface area contributed by atoms with Gasteiger partial charge in [-0.25, -0.2) is 9.59 Å². The van der Waals surface area contributed by atoms with Crippen LogP contribution in [0.5, 0.6) is 5.75 Å². The molecule has 1 aliphatic rings. The highest BCUT2D eigenvalue weighted by atomic mass is 16.6. The summed E-state index contributed by atoms with van der Waals surface area (Å²) in [4.78, 5) is 36.2. The summed E-state index contributed by atoms with van der Waals surface area (Å²) in [6.07, 6.45) is -1.88. The molecule has 3 rings (SSSR count). The number of hydrogen-bond donors (Lipinski definition) is 4. The minimum Gasteiger partial charge on any atom is -0.506 e. The molecule has 4 N–H and O–H groups in total. The number of fused-ring (bicyclic) bond motifs is 1. The number of carbonyl (C=O) groups is 3. The first-order valence-electron chi connectivity index (χ1n) is 8.62. The number of amides is 1. The number of phenols is 1. The minimum absolute atomic E-state index is 0.0475. The van der Waals surface area contributed by atoms with Gasteiger partial charge in [0.15, 0.2) is 0 Å². The molecular weight excluding hydrogens is 366 g/mol. The fraction of sp³-hybridized carbons (Fsp3) is 0.250. The number of benzene rings is 2. The lowest BCUT2D eigenvalue weighted by atomic mass is 9.93. The Morgan fingerprint density at radius 3 is 2.50 bits per heavy atom. The average Bonchev–Trinajstić information content (AvgIpc) is 2.66. The Kier molecular flexibility index (Phi) is 5.32. The van der Waals surface area contributed by atoms with Gasteiger partial charge in [0.1, 0.15) is 29.6 Å². The Morgan fingerprint density at radius 1 is 1.18 bits per heavy atom. The van der Waals surface area contributed by atoms with E-state index in [4.69, 9.17) is 4.74 Å². The molecule has 1 unspecified atom stereocenters. The fourth-order valence-corrected chi connectivity index (χ4v) is 3.08. The van der Waals surface area contributed by atoms with Crippen molar-refractivity contribution in [2.24, 2.45) is 0 Å². The summed E-state index contributed by atoms with van der Waals surface area (Å²) in [5.74, 6) is -3.61. The Labute approximate surface area is 160 Å². The van der Waals surface area contributed by atoms with Gasteiger partial charge in [-0.2, -0.15) is 0 Å². The summed E-state index contributed by atoms with van der Waals surface area (Å²) in [5.41, 5.74) is 0.285. The van der Waals surface area contributed by atoms with E-state index < -0.39 is 41.8 Å². The number of hydrogen-bond acceptors (Lipinski definition) is 6. The number of carbonyl (C=O) groups excluding carboxylic acids is 2. The molecule has 0 bridgehead atoms. The summed E-state index contributed by atoms with van der Waals surface area (Å²) >= 11 is 0. The van der Waals surface area contributed by atoms with Crippen LogP contribution >= 0.6 is 0 Å². The normalized spacial score (nSPS) is 19.3. The molecule has 1 aliphatic heterocycles. The number of cyclic esters (lactones) is 1. The molecule has 0 saturated carbocycles. The maximum Gasteiger partial charge on any atom is 0.342 e. The van der Waals surface area contributed by atoms with E-state index in [0.29, 0.717) is 5.56 Å². The minimum atomic E-state index is -1.24. The van der Waals surface area contributed by atoms with E-state index in [1.54, 1.807) is 30.3 Å². The summed E-state index contributed by atoms with van der Waals surface area (Å²) in [6.45, 7) is 1.50. The van der Waals surface area contributed by atoms with Gasteiger partial charge < -0.3 is 25.4 Å². The summed E-state index contributed by atoms with van der Waals surface area (Å²) < 4.78 is 4.96. The van der Waals surface area contributed by atoms with Crippen LogP contribution in [0.3, 0.4) is 0 Å². The highest BCUT2D eigenvalue weighted by molar-refractivity contribution is 6.04. The molecule has 8 heteroatoms. The zero-order chi connectivity index (χ0) is 20.4. The van der Waals surface area contributed by atoms with Gasteiger partial charge in [0, 0.05) is 12.0 Å². The van der Waals surface area contributed by atoms with Crippen molar-refractivity contribution < 1.29 is 34.4 Å². The third kappa shape index (κ3) is 3.67. The molecule has 2 aromatic rings. The zero-order valence-electron chi connectivity index (χ0n) is 15.0. The van der Waals surface area contributed by atoms with Crippen LogP contribution in [0.1, 0.15) is 44.9 Å². The van der Waals surface area contributed by atoms with Crippen LogP contribution < -0.4 is 5.32 Å². The molecule has 0 aliphatic carbocycles. The van der Waals surface area contributed by atoms with Crippen molar-refractivity contribution in [3.63, 3.8) is 0 Å². The van der Waals surface area contributed by atoms with E-state index in [1.165, 1.54) is 19.1 Å². The number of aromatic hydroxyl groups is 1. The predicted molar refractivity (Wildman–Crippen MR) is 97.0 cm³/mol. The molecule has 3 atom stereocenters. The molecule has 0 fully saturated rings. The number of nitrogens with one attached hydrogen (secondary N) is 1. The van der Waals surface area contributed by atoms with Crippen molar-refractivity contribution in [1.29, 1.82) is 0 Å². The SMILES string of the molecule is C[C@H]1OC(=O)c2c(ccc(C(=O)NC(Cc3ccccc3)C(=O)O)c2O)[C@@H]1O. The number of rotatable bonds is 5. The third-order valence-corrected chi connectivity index (χ3v) is 4.60. The van der Waals surface area contributed by atoms with Gasteiger partial charge in [0.25, 0.3) is 5.91 Å². The largest absolute Gasteiger partial charge is 0.506 e. The van der Waals surface area contributed by atoms with E-state index in [2.05, 4.69) is 5.32 Å². The van der Waals surface area contributed by atoms with Gasteiger partial charge in [0.05, 0.1) is 5.56 Å². The number of aliphatic hydroxyl groups is 1. The van der Waals surface area contributed by atoms with Crippen molar-refractivity contribution in [3.05, 3.63) is 64.7 Å². The molecule has 0 saturated heterocycles. The number of esters is 1. The fourth-order valence-electron chi connectivity index (χ4n) is 3.08. The molecule has 1 amide bonds. The van der Waals surface area contributed by atoms with Gasteiger partial charge >= 0.3 is 11.9 Å². The van der Waals surface area contributed by atoms with Gasteiger partial charge in [-0.3, -0.25) is 4.79 Å². The molecule has 146 valence electrons. The van der Waals surface area contributed by atoms with E-state index in [-0.39, 0.29) is 23.1 Å². The number of ether oxygens (including phenoxy) is 1. The molecule has 2 aromatic carbocycles. The van der Waals surface area contributed by atoms with E-state index in [9.17, 15) is 29.7 Å². The van der Waals surface area contributed by atoms with Crippen LogP contribution in [0.2, 0.25) is 0 Å². The quantitative estimate of drug-likeness (QED) is 0.572. The van der Waals surface area contributed by atoms with Gasteiger partial charge in [-0.05, 0) is 18.6 Å². The van der Waals surface area contributed by atoms with Crippen LogP contribution in [0.15, 0.2) is 42.5 Å². The maximum atomic E-state index is 12.6. The van der Waals surface area contributed by atoms with Gasteiger partial charge in [0.2, 0.25) is 0 Å². The molecule has 0 radical (unpaired) electrons. The molecular formula is C20H19NO7. The standard InChI is InChI=1S/C20H19NO7/c1-10-16(22)12-7-8-13(17(23)15(12)20(27)28-10)18(24)21-14(19(25)26)9-11-5-3-2-4-6-11/h2-8,10,14,16,22-23H,9H2,1H3,(H,21,24)(H,25,26)/t10-,14?,16-/m1/s1. The number of phenolic OH excluding ortho intramolecular Hbond substituents is 1. The Hall–Kier alpha value is -3.39. The van der Waals surface area contributed by atoms with Crippen LogP contribution in [0.4, 0.5) is 0 Å². The summed E-state index contributed by atoms with van der Waals surface area (Å²) in [5, 5.41) is 32.3. The Morgan fingerprint density at radius 2 is 1.86 bits per heavy atom. The topological polar surface area (TPSA) is 133 Å². The van der Waals surface area contributed by atoms with E-state index in [1.807, 2.05) is 0 Å². The molecule has 0 aromatic heterocycles. The van der Waals surface area contributed by atoms with Crippen molar-refractivity contribution in [3.8, 4) is 5.75 Å². The van der Waals surface area contributed by atoms with Crippen molar-refractivity contribution >= 4 is 17.8 Å². The Bertz CT molecular complexity index is 926. The lowest BCUT2D eigenvalue weighted by molar-refractivity contribution is -0.139. The second kappa shape index (κ2) is 7.69. The van der Waals surface area contributed by atoms with Crippen LogP contribution in [-0.4, -0.2) is 45.3 Å². The van der Waals surface area contributed by atoms with Gasteiger partial charge in [-0.15, -0.1) is 0 Å². The lowest BCUT2D eigenvalue weighted by Gasteiger charge is -2.28. The zero-order valence-corrected chi connectivity index (χ0v) is 15.0. The monoisotopic (exact) mass is 385 g/mol. The highest BCUT2D eigenvalue weighted by Gasteiger charge is 2.36. The van der Waals surface area contributed by atoms with Crippen molar-refractivity contribution in [2.75, 3.05) is 0 Å². The number of aliphatic carboxylic acids is 1. The van der Waals surface area contributed by atoms with Crippen LogP contribution in [0, 0.1) is 0 Å². The third-order valence-electron chi connectivity index (χ3n) is 4.60. The smallest absolute Gasteiger partial charge is 0.342 e. The second-order valence-corrected chi connectivity index (χ2v) is 6.54. The van der Waals surface area contributed by atoms with Gasteiger partial charge in [-0.1, -0.05) is 36.4 Å². The molecule has 28 heavy (non-hydrogen) atoms. The Balaban J connectivity index is 1.87. The first kappa shape index (κ1) is 19.4. The van der Waals surface area contributed by atoms with Crippen LogP contribution in [-0.2, 0) is 16.0 Å². The first-order chi connectivity index (χ1) is 13.3. The highest BCUT2D eigenvalue weighted by Crippen LogP contribution is 2.36. The van der Waals surface area contributed by atoms with E-state index in [0.717, 1.165) is 0 Å². The molecule has 1 heterocycles. The van der Waals surface area contributed by atoms with Crippen LogP contribution in [0.25, 0.3) is 0 Å². The second-order valence-electron chi connectivity index (χ2n) is 6.54. The number of aliphatic hydroxyl groups excluding tert-OH is 1. The summed E-state index contributed by atoms with van der Waals surface area (Å²) in [7, 11) is 0. The average molecular weight is 385 g/mol. The van der Waals surface area contributed by atoms with Crippen molar-refractivity contribution in [2.45, 2.75) is 31.6 Å². The number of carboxylic acids is 1. The maximum absolute atomic E-state index is 12.6. The lowest BCUT2D eigenvalue weighted by Crippen LogP contribution is -2.42. The number of carboxylic acid groups (broad SMARTS) is 1. The molecule has 8 nitrogen and oxygen atoms in total.